The number of rotatable bonds is 3. The minimum absolute atomic E-state index is 0.184. The SMILES string of the molecule is Cc1cc(C(=O)NC2(C(N)=S)CCCCC2)ccc1O. The summed E-state index contributed by atoms with van der Waals surface area (Å²) in [6, 6.07) is 4.80. The number of benzene rings is 1. The summed E-state index contributed by atoms with van der Waals surface area (Å²) < 4.78 is 0. The van der Waals surface area contributed by atoms with Gasteiger partial charge in [0.2, 0.25) is 0 Å². The molecule has 1 fully saturated rings. The van der Waals surface area contributed by atoms with Crippen LogP contribution in [-0.4, -0.2) is 21.5 Å². The van der Waals surface area contributed by atoms with Crippen LogP contribution in [0, 0.1) is 6.92 Å². The number of phenols is 1. The molecule has 20 heavy (non-hydrogen) atoms. The van der Waals surface area contributed by atoms with Crippen molar-refractivity contribution in [3.63, 3.8) is 0 Å². The van der Waals surface area contributed by atoms with E-state index in [9.17, 15) is 9.90 Å². The number of amides is 1. The second kappa shape index (κ2) is 5.79. The van der Waals surface area contributed by atoms with Crippen LogP contribution in [0.15, 0.2) is 18.2 Å². The number of carbonyl (C=O) groups is 1. The lowest BCUT2D eigenvalue weighted by atomic mass is 9.81. The quantitative estimate of drug-likeness (QED) is 0.748. The second-order valence-electron chi connectivity index (χ2n) is 5.46. The fourth-order valence-electron chi connectivity index (χ4n) is 2.67. The first-order chi connectivity index (χ1) is 9.44. The van der Waals surface area contributed by atoms with E-state index in [1.54, 1.807) is 19.1 Å². The van der Waals surface area contributed by atoms with Crippen molar-refractivity contribution >= 4 is 23.1 Å². The molecular formula is C15H20N2O2S. The molecule has 1 aromatic rings. The highest BCUT2D eigenvalue weighted by Crippen LogP contribution is 2.29. The van der Waals surface area contributed by atoms with Gasteiger partial charge in [0.05, 0.1) is 10.5 Å². The third kappa shape index (κ3) is 2.93. The van der Waals surface area contributed by atoms with Crippen molar-refractivity contribution in [2.45, 2.75) is 44.6 Å². The van der Waals surface area contributed by atoms with E-state index in [1.807, 2.05) is 0 Å². The van der Waals surface area contributed by atoms with E-state index >= 15 is 0 Å². The maximum Gasteiger partial charge on any atom is 0.252 e. The Morgan fingerprint density at radius 2 is 2.00 bits per heavy atom. The number of nitrogens with two attached hydrogens (primary N) is 1. The van der Waals surface area contributed by atoms with E-state index in [1.165, 1.54) is 6.07 Å². The van der Waals surface area contributed by atoms with Crippen LogP contribution < -0.4 is 11.1 Å². The van der Waals surface area contributed by atoms with Crippen molar-refractivity contribution in [2.24, 2.45) is 5.73 Å². The fraction of sp³-hybridized carbons (Fsp3) is 0.467. The van der Waals surface area contributed by atoms with Gasteiger partial charge in [-0.25, -0.2) is 0 Å². The lowest BCUT2D eigenvalue weighted by Gasteiger charge is -2.37. The molecule has 0 heterocycles. The van der Waals surface area contributed by atoms with Crippen LogP contribution >= 0.6 is 12.2 Å². The predicted octanol–water partition coefficient (Wildman–Crippen LogP) is 2.42. The Bertz CT molecular complexity index is 537. The van der Waals surface area contributed by atoms with E-state index in [0.29, 0.717) is 16.1 Å². The van der Waals surface area contributed by atoms with Crippen LogP contribution in [-0.2, 0) is 0 Å². The number of phenolic OH excluding ortho intramolecular Hbond substituents is 1. The van der Waals surface area contributed by atoms with Gasteiger partial charge in [-0.15, -0.1) is 0 Å². The molecule has 1 aromatic carbocycles. The number of hydrogen-bond acceptors (Lipinski definition) is 3. The summed E-state index contributed by atoms with van der Waals surface area (Å²) in [7, 11) is 0. The van der Waals surface area contributed by atoms with Crippen LogP contribution in [0.3, 0.4) is 0 Å². The molecule has 0 unspecified atom stereocenters. The summed E-state index contributed by atoms with van der Waals surface area (Å²) in [5, 5.41) is 12.5. The summed E-state index contributed by atoms with van der Waals surface area (Å²) in [6.07, 6.45) is 4.79. The third-order valence-electron chi connectivity index (χ3n) is 3.99. The molecular weight excluding hydrogens is 272 g/mol. The normalized spacial score (nSPS) is 17.4. The lowest BCUT2D eigenvalue weighted by molar-refractivity contribution is 0.0908. The zero-order valence-electron chi connectivity index (χ0n) is 11.6. The molecule has 0 aliphatic heterocycles. The molecule has 0 atom stereocenters. The van der Waals surface area contributed by atoms with Crippen molar-refractivity contribution in [1.82, 2.24) is 5.32 Å². The minimum Gasteiger partial charge on any atom is -0.508 e. The van der Waals surface area contributed by atoms with Gasteiger partial charge in [-0.3, -0.25) is 4.79 Å². The molecule has 1 saturated carbocycles. The molecule has 0 radical (unpaired) electrons. The van der Waals surface area contributed by atoms with Crippen molar-refractivity contribution in [1.29, 1.82) is 0 Å². The molecule has 5 heteroatoms. The van der Waals surface area contributed by atoms with Crippen molar-refractivity contribution in [3.8, 4) is 5.75 Å². The Morgan fingerprint density at radius 1 is 1.35 bits per heavy atom. The number of aryl methyl sites for hydroxylation is 1. The predicted molar refractivity (Wildman–Crippen MR) is 82.9 cm³/mol. The number of aromatic hydroxyl groups is 1. The largest absolute Gasteiger partial charge is 0.508 e. The molecule has 2 rings (SSSR count). The van der Waals surface area contributed by atoms with Crippen LogP contribution in [0.1, 0.15) is 48.0 Å². The first-order valence-corrected chi connectivity index (χ1v) is 7.27. The summed E-state index contributed by atoms with van der Waals surface area (Å²) in [4.78, 5) is 12.7. The number of nitrogens with one attached hydrogen (secondary N) is 1. The topological polar surface area (TPSA) is 75.4 Å². The zero-order valence-corrected chi connectivity index (χ0v) is 12.4. The minimum atomic E-state index is -0.559. The van der Waals surface area contributed by atoms with Crippen molar-refractivity contribution in [2.75, 3.05) is 0 Å². The highest BCUT2D eigenvalue weighted by Gasteiger charge is 2.36. The molecule has 0 bridgehead atoms. The molecule has 4 nitrogen and oxygen atoms in total. The van der Waals surface area contributed by atoms with E-state index in [-0.39, 0.29) is 11.7 Å². The van der Waals surface area contributed by atoms with Gasteiger partial charge in [-0.1, -0.05) is 31.5 Å². The second-order valence-corrected chi connectivity index (χ2v) is 5.90. The lowest BCUT2D eigenvalue weighted by Crippen LogP contribution is -2.57. The van der Waals surface area contributed by atoms with Crippen molar-refractivity contribution < 1.29 is 9.90 Å². The molecule has 0 aromatic heterocycles. The summed E-state index contributed by atoms with van der Waals surface area (Å²) in [5.74, 6) is -0.00826. The fourth-order valence-corrected chi connectivity index (χ4v) is 2.93. The van der Waals surface area contributed by atoms with Gasteiger partial charge < -0.3 is 16.2 Å². The molecule has 4 N–H and O–H groups in total. The van der Waals surface area contributed by atoms with Gasteiger partial charge >= 0.3 is 0 Å². The average Bonchev–Trinajstić information content (AvgIpc) is 2.42. The Kier molecular flexibility index (Phi) is 4.28. The first kappa shape index (κ1) is 14.8. The van der Waals surface area contributed by atoms with Gasteiger partial charge in [-0.2, -0.15) is 0 Å². The highest BCUT2D eigenvalue weighted by molar-refractivity contribution is 7.80. The Balaban J connectivity index is 2.20. The third-order valence-corrected chi connectivity index (χ3v) is 4.38. The smallest absolute Gasteiger partial charge is 0.252 e. The maximum absolute atomic E-state index is 12.4. The number of carbonyl (C=O) groups excluding carboxylic acids is 1. The monoisotopic (exact) mass is 292 g/mol. The van der Waals surface area contributed by atoms with E-state index < -0.39 is 5.54 Å². The maximum atomic E-state index is 12.4. The van der Waals surface area contributed by atoms with Crippen molar-refractivity contribution in [3.05, 3.63) is 29.3 Å². The van der Waals surface area contributed by atoms with Gasteiger partial charge in [0.25, 0.3) is 5.91 Å². The van der Waals surface area contributed by atoms with Crippen LogP contribution in [0.25, 0.3) is 0 Å². The van der Waals surface area contributed by atoms with Gasteiger partial charge in [0.1, 0.15) is 5.75 Å². The van der Waals surface area contributed by atoms with Crippen LogP contribution in [0.2, 0.25) is 0 Å². The molecule has 108 valence electrons. The molecule has 0 saturated heterocycles. The number of thiocarbonyl (C=S) groups is 1. The summed E-state index contributed by atoms with van der Waals surface area (Å²) in [6.45, 7) is 1.76. The van der Waals surface area contributed by atoms with E-state index in [2.05, 4.69) is 5.32 Å². The molecule has 0 spiro atoms. The van der Waals surface area contributed by atoms with Crippen LogP contribution in [0.5, 0.6) is 5.75 Å². The van der Waals surface area contributed by atoms with E-state index in [4.69, 9.17) is 18.0 Å². The summed E-state index contributed by atoms with van der Waals surface area (Å²) >= 11 is 5.17. The van der Waals surface area contributed by atoms with Crippen LogP contribution in [0.4, 0.5) is 0 Å². The molecule has 1 amide bonds. The average molecular weight is 292 g/mol. The van der Waals surface area contributed by atoms with E-state index in [0.717, 1.165) is 32.1 Å². The number of hydrogen-bond donors (Lipinski definition) is 3. The molecule has 1 aliphatic rings. The van der Waals surface area contributed by atoms with Gasteiger partial charge in [0.15, 0.2) is 0 Å². The van der Waals surface area contributed by atoms with Gasteiger partial charge in [-0.05, 0) is 43.5 Å². The Labute approximate surface area is 124 Å². The molecule has 1 aliphatic carbocycles. The summed E-state index contributed by atoms with van der Waals surface area (Å²) in [5.41, 5.74) is 6.49. The zero-order chi connectivity index (χ0) is 14.8. The highest BCUT2D eigenvalue weighted by atomic mass is 32.1. The standard InChI is InChI=1S/C15H20N2O2S/c1-10-9-11(5-6-12(10)18)13(19)17-15(14(16)20)7-3-2-4-8-15/h5-6,9,18H,2-4,7-8H2,1H3,(H2,16,20)(H,17,19). The first-order valence-electron chi connectivity index (χ1n) is 6.87. The van der Waals surface area contributed by atoms with Gasteiger partial charge in [0, 0.05) is 5.56 Å². The Hall–Kier alpha value is -1.62. The Morgan fingerprint density at radius 3 is 2.55 bits per heavy atom.